The number of benzene rings is 1. The van der Waals surface area contributed by atoms with Gasteiger partial charge in [-0.05, 0) is 43.5 Å². The Balaban J connectivity index is 1.47. The minimum Gasteiger partial charge on any atom is -0.371 e. The second kappa shape index (κ2) is 5.95. The van der Waals surface area contributed by atoms with Gasteiger partial charge in [0, 0.05) is 31.0 Å². The van der Waals surface area contributed by atoms with Gasteiger partial charge in [-0.15, -0.1) is 0 Å². The molecule has 1 aliphatic rings. The molecule has 1 aliphatic heterocycles. The average Bonchev–Trinajstić information content (AvgIpc) is 2.87. The van der Waals surface area contributed by atoms with Crippen LogP contribution in [0.15, 0.2) is 42.5 Å². The molecule has 0 fully saturated rings. The lowest BCUT2D eigenvalue weighted by Gasteiger charge is -2.19. The van der Waals surface area contributed by atoms with Crippen LogP contribution >= 0.6 is 0 Å². The van der Waals surface area contributed by atoms with Gasteiger partial charge in [0.1, 0.15) is 5.82 Å². The zero-order chi connectivity index (χ0) is 13.8. The Hall–Kier alpha value is -2.03. The smallest absolute Gasteiger partial charge is 0.126 e. The van der Waals surface area contributed by atoms with Gasteiger partial charge in [0.2, 0.25) is 0 Å². The van der Waals surface area contributed by atoms with Crippen molar-refractivity contribution < 1.29 is 0 Å². The lowest BCUT2D eigenvalue weighted by Crippen LogP contribution is -2.23. The average molecular weight is 267 g/mol. The number of pyridine rings is 1. The van der Waals surface area contributed by atoms with Crippen molar-refractivity contribution in [3.63, 3.8) is 0 Å². The van der Waals surface area contributed by atoms with Gasteiger partial charge in [0.25, 0.3) is 0 Å². The molecule has 0 bridgehead atoms. The van der Waals surface area contributed by atoms with E-state index in [4.69, 9.17) is 0 Å². The highest BCUT2D eigenvalue weighted by Crippen LogP contribution is 2.27. The SMILES string of the molecule is Cc1cccc(NCCCN2CCc3ccccc32)n1. The van der Waals surface area contributed by atoms with Crippen LogP contribution in [0.5, 0.6) is 0 Å². The van der Waals surface area contributed by atoms with Crippen LogP contribution in [0.3, 0.4) is 0 Å². The van der Waals surface area contributed by atoms with Crippen molar-refractivity contribution in [2.24, 2.45) is 0 Å². The number of aromatic nitrogens is 1. The second-order valence-electron chi connectivity index (χ2n) is 5.31. The number of nitrogens with zero attached hydrogens (tertiary/aromatic N) is 2. The van der Waals surface area contributed by atoms with Gasteiger partial charge in [-0.3, -0.25) is 0 Å². The quantitative estimate of drug-likeness (QED) is 0.843. The molecule has 3 heteroatoms. The fourth-order valence-corrected chi connectivity index (χ4v) is 2.77. The third-order valence-corrected chi connectivity index (χ3v) is 3.78. The molecule has 2 aromatic rings. The molecule has 104 valence electrons. The lowest BCUT2D eigenvalue weighted by molar-refractivity contribution is 0.772. The highest BCUT2D eigenvalue weighted by molar-refractivity contribution is 5.57. The molecule has 3 nitrogen and oxygen atoms in total. The highest BCUT2D eigenvalue weighted by Gasteiger charge is 2.17. The van der Waals surface area contributed by atoms with Gasteiger partial charge >= 0.3 is 0 Å². The molecule has 0 aliphatic carbocycles. The zero-order valence-electron chi connectivity index (χ0n) is 12.0. The van der Waals surface area contributed by atoms with E-state index in [9.17, 15) is 0 Å². The fourth-order valence-electron chi connectivity index (χ4n) is 2.77. The Labute approximate surface area is 120 Å². The maximum Gasteiger partial charge on any atom is 0.126 e. The van der Waals surface area contributed by atoms with E-state index in [-0.39, 0.29) is 0 Å². The molecule has 0 amide bonds. The van der Waals surface area contributed by atoms with E-state index in [0.29, 0.717) is 0 Å². The summed E-state index contributed by atoms with van der Waals surface area (Å²) in [5.74, 6) is 0.979. The molecule has 20 heavy (non-hydrogen) atoms. The number of hydrogen-bond acceptors (Lipinski definition) is 3. The van der Waals surface area contributed by atoms with Crippen molar-refractivity contribution in [1.82, 2.24) is 4.98 Å². The third kappa shape index (κ3) is 2.93. The maximum atomic E-state index is 4.45. The highest BCUT2D eigenvalue weighted by atomic mass is 15.1. The first-order chi connectivity index (χ1) is 9.83. The van der Waals surface area contributed by atoms with Crippen LogP contribution in [-0.4, -0.2) is 24.6 Å². The van der Waals surface area contributed by atoms with E-state index < -0.39 is 0 Å². The number of fused-ring (bicyclic) bond motifs is 1. The maximum absolute atomic E-state index is 4.45. The van der Waals surface area contributed by atoms with Crippen LogP contribution in [0.25, 0.3) is 0 Å². The molecule has 0 spiro atoms. The van der Waals surface area contributed by atoms with Crippen molar-refractivity contribution in [2.45, 2.75) is 19.8 Å². The number of anilines is 2. The van der Waals surface area contributed by atoms with Gasteiger partial charge in [0.05, 0.1) is 0 Å². The van der Waals surface area contributed by atoms with Crippen molar-refractivity contribution in [1.29, 1.82) is 0 Å². The number of nitrogens with one attached hydrogen (secondary N) is 1. The summed E-state index contributed by atoms with van der Waals surface area (Å²) in [6.07, 6.45) is 2.31. The monoisotopic (exact) mass is 267 g/mol. The number of aryl methyl sites for hydroxylation is 1. The third-order valence-electron chi connectivity index (χ3n) is 3.78. The molecular formula is C17H21N3. The van der Waals surface area contributed by atoms with E-state index >= 15 is 0 Å². The van der Waals surface area contributed by atoms with Crippen LogP contribution in [0.4, 0.5) is 11.5 Å². The summed E-state index contributed by atoms with van der Waals surface area (Å²) in [6, 6.07) is 14.8. The molecule has 3 rings (SSSR count). The van der Waals surface area contributed by atoms with E-state index in [2.05, 4.69) is 39.5 Å². The van der Waals surface area contributed by atoms with E-state index in [0.717, 1.165) is 37.6 Å². The molecule has 1 N–H and O–H groups in total. The predicted octanol–water partition coefficient (Wildman–Crippen LogP) is 3.25. The summed E-state index contributed by atoms with van der Waals surface area (Å²) in [6.45, 7) is 5.25. The molecule has 2 heterocycles. The molecule has 0 saturated carbocycles. The van der Waals surface area contributed by atoms with Gasteiger partial charge in [-0.1, -0.05) is 24.3 Å². The summed E-state index contributed by atoms with van der Waals surface area (Å²) < 4.78 is 0. The van der Waals surface area contributed by atoms with E-state index in [1.54, 1.807) is 0 Å². The second-order valence-corrected chi connectivity index (χ2v) is 5.31. The molecule has 0 saturated heterocycles. The van der Waals surface area contributed by atoms with E-state index in [1.165, 1.54) is 17.7 Å². The van der Waals surface area contributed by atoms with Crippen molar-refractivity contribution in [2.75, 3.05) is 29.9 Å². The van der Waals surface area contributed by atoms with Crippen LogP contribution < -0.4 is 10.2 Å². The summed E-state index contributed by atoms with van der Waals surface area (Å²) in [5, 5.41) is 3.40. The van der Waals surface area contributed by atoms with Gasteiger partial charge in [-0.2, -0.15) is 0 Å². The van der Waals surface area contributed by atoms with Crippen molar-refractivity contribution >= 4 is 11.5 Å². The Morgan fingerprint density at radius 2 is 2.05 bits per heavy atom. The molecular weight excluding hydrogens is 246 g/mol. The fraction of sp³-hybridized carbons (Fsp3) is 0.353. The zero-order valence-corrected chi connectivity index (χ0v) is 12.0. The number of para-hydroxylation sites is 1. The Morgan fingerprint density at radius 1 is 1.15 bits per heavy atom. The predicted molar refractivity (Wildman–Crippen MR) is 84.4 cm³/mol. The molecule has 0 atom stereocenters. The largest absolute Gasteiger partial charge is 0.371 e. The van der Waals surface area contributed by atoms with Gasteiger partial charge < -0.3 is 10.2 Å². The minimum atomic E-state index is 0.967. The first-order valence-electron chi connectivity index (χ1n) is 7.33. The van der Waals surface area contributed by atoms with Crippen molar-refractivity contribution in [3.8, 4) is 0 Å². The van der Waals surface area contributed by atoms with Gasteiger partial charge in [0.15, 0.2) is 0 Å². The van der Waals surface area contributed by atoms with Crippen LogP contribution in [0.1, 0.15) is 17.7 Å². The normalized spacial score (nSPS) is 13.3. The summed E-state index contributed by atoms with van der Waals surface area (Å²) in [7, 11) is 0. The van der Waals surface area contributed by atoms with Crippen LogP contribution in [0, 0.1) is 6.92 Å². The Kier molecular flexibility index (Phi) is 3.86. The minimum absolute atomic E-state index is 0.967. The van der Waals surface area contributed by atoms with E-state index in [1.807, 2.05) is 25.1 Å². The van der Waals surface area contributed by atoms with Crippen LogP contribution in [0.2, 0.25) is 0 Å². The molecule has 0 unspecified atom stereocenters. The summed E-state index contributed by atoms with van der Waals surface area (Å²) in [5.41, 5.74) is 3.96. The number of hydrogen-bond donors (Lipinski definition) is 1. The van der Waals surface area contributed by atoms with Gasteiger partial charge in [-0.25, -0.2) is 4.98 Å². The lowest BCUT2D eigenvalue weighted by atomic mass is 10.2. The molecule has 1 aromatic carbocycles. The Bertz CT molecular complexity index is 580. The summed E-state index contributed by atoms with van der Waals surface area (Å²) in [4.78, 5) is 6.94. The number of rotatable bonds is 5. The van der Waals surface area contributed by atoms with Crippen molar-refractivity contribution in [3.05, 3.63) is 53.7 Å². The van der Waals surface area contributed by atoms with Crippen LogP contribution in [-0.2, 0) is 6.42 Å². The first-order valence-corrected chi connectivity index (χ1v) is 7.33. The Morgan fingerprint density at radius 3 is 2.95 bits per heavy atom. The molecule has 0 radical (unpaired) electrons. The summed E-state index contributed by atoms with van der Waals surface area (Å²) >= 11 is 0. The standard InChI is InChI=1S/C17H21N3/c1-14-6-4-9-17(19-14)18-11-5-12-20-13-10-15-7-2-3-8-16(15)20/h2-4,6-9H,5,10-13H2,1H3,(H,18,19). The molecule has 1 aromatic heterocycles. The first kappa shape index (κ1) is 13.0. The topological polar surface area (TPSA) is 28.2 Å².